The fourth-order valence-electron chi connectivity index (χ4n) is 1.62. The first-order valence-corrected chi connectivity index (χ1v) is 6.40. The van der Waals surface area contributed by atoms with E-state index in [0.29, 0.717) is 5.56 Å². The molecule has 0 bridgehead atoms. The van der Waals surface area contributed by atoms with Gasteiger partial charge in [0.25, 0.3) is 0 Å². The molecule has 1 amide bonds. The first kappa shape index (κ1) is 16.0. The van der Waals surface area contributed by atoms with Crippen molar-refractivity contribution in [2.45, 2.75) is 39.3 Å². The fraction of sp³-hybridized carbons (Fsp3) is 0.467. The van der Waals surface area contributed by atoms with Gasteiger partial charge in [-0.25, -0.2) is 9.59 Å². The number of benzene rings is 1. The number of carbonyl (C=O) groups excluding carboxylic acids is 2. The highest BCUT2D eigenvalue weighted by atomic mass is 16.6. The first-order valence-electron chi connectivity index (χ1n) is 6.40. The minimum atomic E-state index is -0.544. The lowest BCUT2D eigenvalue weighted by molar-refractivity contribution is 0.0507. The van der Waals surface area contributed by atoms with Crippen LogP contribution in [0.3, 0.4) is 0 Å². The molecule has 0 aliphatic rings. The van der Waals surface area contributed by atoms with E-state index in [1.165, 1.54) is 7.11 Å². The molecule has 1 atom stereocenters. The lowest BCUT2D eigenvalue weighted by Gasteiger charge is -2.22. The quantitative estimate of drug-likeness (QED) is 0.864. The van der Waals surface area contributed by atoms with Gasteiger partial charge in [0.05, 0.1) is 18.7 Å². The largest absolute Gasteiger partial charge is 0.465 e. The number of hydrogen-bond acceptors (Lipinski definition) is 4. The summed E-state index contributed by atoms with van der Waals surface area (Å²) in [5.74, 6) is -0.406. The Labute approximate surface area is 119 Å². The van der Waals surface area contributed by atoms with Crippen molar-refractivity contribution in [1.82, 2.24) is 5.32 Å². The van der Waals surface area contributed by atoms with Crippen molar-refractivity contribution < 1.29 is 19.1 Å². The van der Waals surface area contributed by atoms with Crippen LogP contribution in [0.1, 0.15) is 49.7 Å². The van der Waals surface area contributed by atoms with Crippen LogP contribution in [0.5, 0.6) is 0 Å². The molecule has 1 aromatic carbocycles. The summed E-state index contributed by atoms with van der Waals surface area (Å²) < 4.78 is 9.85. The Morgan fingerprint density at radius 2 is 1.90 bits per heavy atom. The van der Waals surface area contributed by atoms with E-state index in [1.807, 2.05) is 13.0 Å². The summed E-state index contributed by atoms with van der Waals surface area (Å²) in [5.41, 5.74) is 0.707. The topological polar surface area (TPSA) is 64.6 Å². The van der Waals surface area contributed by atoms with E-state index in [2.05, 4.69) is 10.1 Å². The smallest absolute Gasteiger partial charge is 0.408 e. The normalized spacial score (nSPS) is 12.4. The summed E-state index contributed by atoms with van der Waals surface area (Å²) in [6.45, 7) is 7.22. The van der Waals surface area contributed by atoms with Crippen LogP contribution in [-0.4, -0.2) is 24.8 Å². The zero-order chi connectivity index (χ0) is 15.3. The molecule has 0 aliphatic heterocycles. The molecule has 0 saturated carbocycles. The van der Waals surface area contributed by atoms with Crippen LogP contribution in [0.4, 0.5) is 4.79 Å². The van der Waals surface area contributed by atoms with Crippen molar-refractivity contribution in [2.75, 3.05) is 7.11 Å². The number of methoxy groups -OCH3 is 1. The van der Waals surface area contributed by atoms with E-state index in [4.69, 9.17) is 4.74 Å². The predicted octanol–water partition coefficient (Wildman–Crippen LogP) is 3.06. The molecule has 0 aromatic heterocycles. The highest BCUT2D eigenvalue weighted by molar-refractivity contribution is 5.89. The summed E-state index contributed by atoms with van der Waals surface area (Å²) in [6.07, 6.45) is -0.492. The second kappa shape index (κ2) is 6.41. The molecule has 1 aromatic rings. The van der Waals surface area contributed by atoms with Gasteiger partial charge in [-0.2, -0.15) is 0 Å². The standard InChI is InChI=1S/C15H21NO4/c1-10(16-14(18)20-15(2,3)4)11-7-6-8-12(9-11)13(17)19-5/h6-10H,1-5H3,(H,16,18)/t10-/m1/s1. The second-order valence-electron chi connectivity index (χ2n) is 5.48. The minimum Gasteiger partial charge on any atom is -0.465 e. The third kappa shape index (κ3) is 4.91. The van der Waals surface area contributed by atoms with Crippen LogP contribution < -0.4 is 5.32 Å². The van der Waals surface area contributed by atoms with E-state index in [0.717, 1.165) is 5.56 Å². The van der Waals surface area contributed by atoms with Gasteiger partial charge in [-0.05, 0) is 45.4 Å². The summed E-state index contributed by atoms with van der Waals surface area (Å²) in [7, 11) is 1.33. The van der Waals surface area contributed by atoms with Gasteiger partial charge in [0.15, 0.2) is 0 Å². The van der Waals surface area contributed by atoms with E-state index in [9.17, 15) is 9.59 Å². The third-order valence-corrected chi connectivity index (χ3v) is 2.54. The van der Waals surface area contributed by atoms with Crippen LogP contribution in [0.2, 0.25) is 0 Å². The molecule has 5 heteroatoms. The molecule has 20 heavy (non-hydrogen) atoms. The molecule has 0 fully saturated rings. The van der Waals surface area contributed by atoms with Crippen molar-refractivity contribution in [1.29, 1.82) is 0 Å². The van der Waals surface area contributed by atoms with E-state index in [1.54, 1.807) is 39.0 Å². The molecule has 1 N–H and O–H groups in total. The number of rotatable bonds is 3. The Kier molecular flexibility index (Phi) is 5.13. The molecule has 0 unspecified atom stereocenters. The van der Waals surface area contributed by atoms with Crippen molar-refractivity contribution >= 4 is 12.1 Å². The number of alkyl carbamates (subject to hydrolysis) is 1. The Hall–Kier alpha value is -2.04. The molecule has 0 saturated heterocycles. The monoisotopic (exact) mass is 279 g/mol. The summed E-state index contributed by atoms with van der Waals surface area (Å²) in [4.78, 5) is 23.2. The zero-order valence-corrected chi connectivity index (χ0v) is 12.5. The third-order valence-electron chi connectivity index (χ3n) is 2.54. The van der Waals surface area contributed by atoms with Gasteiger partial charge >= 0.3 is 12.1 Å². The maximum absolute atomic E-state index is 11.7. The average Bonchev–Trinajstić information content (AvgIpc) is 2.35. The lowest BCUT2D eigenvalue weighted by Crippen LogP contribution is -2.34. The summed E-state index contributed by atoms with van der Waals surface area (Å²) >= 11 is 0. The van der Waals surface area contributed by atoms with Gasteiger partial charge in [-0.1, -0.05) is 12.1 Å². The van der Waals surface area contributed by atoms with Gasteiger partial charge in [0.1, 0.15) is 5.60 Å². The molecule has 0 aliphatic carbocycles. The number of nitrogens with one attached hydrogen (secondary N) is 1. The molecule has 0 radical (unpaired) electrons. The lowest BCUT2D eigenvalue weighted by atomic mass is 10.1. The molecule has 5 nitrogen and oxygen atoms in total. The second-order valence-corrected chi connectivity index (χ2v) is 5.48. The van der Waals surface area contributed by atoms with Gasteiger partial charge in [-0.3, -0.25) is 0 Å². The van der Waals surface area contributed by atoms with Gasteiger partial charge in [0.2, 0.25) is 0 Å². The zero-order valence-electron chi connectivity index (χ0n) is 12.5. The Morgan fingerprint density at radius 1 is 1.25 bits per heavy atom. The van der Waals surface area contributed by atoms with E-state index in [-0.39, 0.29) is 6.04 Å². The van der Waals surface area contributed by atoms with E-state index >= 15 is 0 Å². The number of amides is 1. The molecule has 0 spiro atoms. The SMILES string of the molecule is COC(=O)c1cccc([C@@H](C)NC(=O)OC(C)(C)C)c1. The van der Waals surface area contributed by atoms with Crippen LogP contribution in [-0.2, 0) is 9.47 Å². The molecule has 1 rings (SSSR count). The fourth-order valence-corrected chi connectivity index (χ4v) is 1.62. The Bertz CT molecular complexity index is 491. The number of hydrogen-bond donors (Lipinski definition) is 1. The van der Waals surface area contributed by atoms with Crippen molar-refractivity contribution in [2.24, 2.45) is 0 Å². The van der Waals surface area contributed by atoms with Crippen molar-refractivity contribution in [3.63, 3.8) is 0 Å². The molecule has 0 heterocycles. The molecular formula is C15H21NO4. The number of esters is 1. The van der Waals surface area contributed by atoms with Crippen molar-refractivity contribution in [3.05, 3.63) is 35.4 Å². The molecular weight excluding hydrogens is 258 g/mol. The molecule has 110 valence electrons. The van der Waals surface area contributed by atoms with Gasteiger partial charge in [0, 0.05) is 0 Å². The van der Waals surface area contributed by atoms with E-state index < -0.39 is 17.7 Å². The summed E-state index contributed by atoms with van der Waals surface area (Å²) in [6, 6.07) is 6.65. The minimum absolute atomic E-state index is 0.269. The van der Waals surface area contributed by atoms with Gasteiger partial charge in [-0.15, -0.1) is 0 Å². The van der Waals surface area contributed by atoms with Gasteiger partial charge < -0.3 is 14.8 Å². The maximum atomic E-state index is 11.7. The van der Waals surface area contributed by atoms with Crippen LogP contribution in [0, 0.1) is 0 Å². The summed E-state index contributed by atoms with van der Waals surface area (Å²) in [5, 5.41) is 2.72. The van der Waals surface area contributed by atoms with Crippen molar-refractivity contribution in [3.8, 4) is 0 Å². The van der Waals surface area contributed by atoms with Crippen LogP contribution in [0.25, 0.3) is 0 Å². The number of ether oxygens (including phenoxy) is 2. The first-order chi connectivity index (χ1) is 9.23. The predicted molar refractivity (Wildman–Crippen MR) is 75.6 cm³/mol. The Balaban J connectivity index is 2.75. The highest BCUT2D eigenvalue weighted by Crippen LogP contribution is 2.16. The Morgan fingerprint density at radius 3 is 2.45 bits per heavy atom. The number of carbonyl (C=O) groups is 2. The van der Waals surface area contributed by atoms with Crippen LogP contribution in [0.15, 0.2) is 24.3 Å². The van der Waals surface area contributed by atoms with Crippen LogP contribution >= 0.6 is 0 Å². The average molecular weight is 279 g/mol. The maximum Gasteiger partial charge on any atom is 0.408 e. The highest BCUT2D eigenvalue weighted by Gasteiger charge is 2.18.